The van der Waals surface area contributed by atoms with E-state index in [1.807, 2.05) is 36.4 Å². The largest absolute Gasteiger partial charge is 0.497 e. The summed E-state index contributed by atoms with van der Waals surface area (Å²) in [5.41, 5.74) is 4.39. The van der Waals surface area contributed by atoms with Crippen LogP contribution in [0.2, 0.25) is 0 Å². The first-order valence-corrected chi connectivity index (χ1v) is 10.6. The van der Waals surface area contributed by atoms with E-state index in [-0.39, 0.29) is 0 Å². The molecule has 0 saturated heterocycles. The molecule has 3 aromatic carbocycles. The first kappa shape index (κ1) is 20.0. The second kappa shape index (κ2) is 9.05. The number of ether oxygens (including phenoxy) is 2. The monoisotopic (exact) mass is 417 g/mol. The van der Waals surface area contributed by atoms with Gasteiger partial charge in [0.05, 0.1) is 14.2 Å². The van der Waals surface area contributed by atoms with E-state index in [1.54, 1.807) is 26.0 Å². The third-order valence-corrected chi connectivity index (χ3v) is 5.71. The normalized spacial score (nSPS) is 10.8. The Kier molecular flexibility index (Phi) is 6.05. The molecule has 0 amide bonds. The van der Waals surface area contributed by atoms with E-state index in [9.17, 15) is 0 Å². The van der Waals surface area contributed by atoms with Crippen molar-refractivity contribution in [2.24, 2.45) is 0 Å². The Morgan fingerprint density at radius 1 is 0.833 bits per heavy atom. The summed E-state index contributed by atoms with van der Waals surface area (Å²) in [7, 11) is 3.28. The maximum Gasteiger partial charge on any atom is 0.196 e. The number of hydrogen-bond acceptors (Lipinski definition) is 5. The van der Waals surface area contributed by atoms with Gasteiger partial charge in [-0.15, -0.1) is 10.2 Å². The summed E-state index contributed by atoms with van der Waals surface area (Å²) in [4.78, 5) is 0. The first-order valence-electron chi connectivity index (χ1n) is 9.60. The van der Waals surface area contributed by atoms with E-state index in [4.69, 9.17) is 9.47 Å². The van der Waals surface area contributed by atoms with Crippen LogP contribution in [0.15, 0.2) is 78.0 Å². The summed E-state index contributed by atoms with van der Waals surface area (Å²) >= 11 is 1.67. The van der Waals surface area contributed by atoms with Crippen molar-refractivity contribution in [2.45, 2.75) is 17.8 Å². The zero-order chi connectivity index (χ0) is 20.9. The average molecular weight is 418 g/mol. The average Bonchev–Trinajstić information content (AvgIpc) is 3.22. The van der Waals surface area contributed by atoms with Gasteiger partial charge in [-0.1, -0.05) is 59.8 Å². The van der Waals surface area contributed by atoms with Crippen LogP contribution in [0, 0.1) is 6.92 Å². The molecule has 0 N–H and O–H groups in total. The number of thioether (sulfide) groups is 1. The number of aromatic nitrogens is 3. The summed E-state index contributed by atoms with van der Waals surface area (Å²) in [5.74, 6) is 2.97. The molecule has 6 heteroatoms. The smallest absolute Gasteiger partial charge is 0.196 e. The minimum atomic E-state index is 0.709. The molecule has 1 heterocycles. The fourth-order valence-electron chi connectivity index (χ4n) is 3.25. The molecule has 0 spiro atoms. The van der Waals surface area contributed by atoms with Crippen molar-refractivity contribution >= 4 is 11.8 Å². The minimum absolute atomic E-state index is 0.709. The van der Waals surface area contributed by atoms with Crippen LogP contribution < -0.4 is 9.47 Å². The van der Waals surface area contributed by atoms with Gasteiger partial charge in [-0.25, -0.2) is 0 Å². The molecule has 0 unspecified atom stereocenters. The third-order valence-electron chi connectivity index (χ3n) is 4.71. The molecule has 4 aromatic rings. The SMILES string of the molecule is COc1cc(OC)cc(-c2nnc(SCc3cccc(C)c3)n2-c2ccccc2)c1. The summed E-state index contributed by atoms with van der Waals surface area (Å²) in [6.45, 7) is 2.11. The Morgan fingerprint density at radius 2 is 1.57 bits per heavy atom. The van der Waals surface area contributed by atoms with Gasteiger partial charge in [-0.3, -0.25) is 4.57 Å². The zero-order valence-corrected chi connectivity index (χ0v) is 18.0. The van der Waals surface area contributed by atoms with Gasteiger partial charge in [0.1, 0.15) is 11.5 Å². The quantitative estimate of drug-likeness (QED) is 0.369. The highest BCUT2D eigenvalue weighted by atomic mass is 32.2. The fourth-order valence-corrected chi connectivity index (χ4v) is 4.14. The predicted octanol–water partition coefficient (Wildman–Crippen LogP) is 5.55. The maximum atomic E-state index is 5.45. The minimum Gasteiger partial charge on any atom is -0.497 e. The number of aryl methyl sites for hydroxylation is 1. The van der Waals surface area contributed by atoms with Crippen molar-refractivity contribution in [2.75, 3.05) is 14.2 Å². The molecular formula is C24H23N3O2S. The van der Waals surface area contributed by atoms with E-state index in [0.29, 0.717) is 11.5 Å². The van der Waals surface area contributed by atoms with Crippen molar-refractivity contribution in [3.8, 4) is 28.6 Å². The second-order valence-electron chi connectivity index (χ2n) is 6.86. The Morgan fingerprint density at radius 3 is 2.23 bits per heavy atom. The van der Waals surface area contributed by atoms with Gasteiger partial charge in [0.15, 0.2) is 11.0 Å². The van der Waals surface area contributed by atoms with Crippen LogP contribution in [-0.2, 0) is 5.75 Å². The lowest BCUT2D eigenvalue weighted by Crippen LogP contribution is -2.00. The molecule has 0 aliphatic carbocycles. The van der Waals surface area contributed by atoms with Crippen LogP contribution >= 0.6 is 11.8 Å². The lowest BCUT2D eigenvalue weighted by Gasteiger charge is -2.12. The van der Waals surface area contributed by atoms with Gasteiger partial charge >= 0.3 is 0 Å². The first-order chi connectivity index (χ1) is 14.7. The zero-order valence-electron chi connectivity index (χ0n) is 17.2. The summed E-state index contributed by atoms with van der Waals surface area (Å²) in [6.07, 6.45) is 0. The molecule has 4 rings (SSSR count). The molecule has 0 radical (unpaired) electrons. The molecule has 0 aliphatic heterocycles. The molecular weight excluding hydrogens is 394 g/mol. The van der Waals surface area contributed by atoms with Crippen LogP contribution in [0.25, 0.3) is 17.1 Å². The molecule has 152 valence electrons. The highest BCUT2D eigenvalue weighted by Crippen LogP contribution is 2.33. The molecule has 0 bridgehead atoms. The van der Waals surface area contributed by atoms with Gasteiger partial charge in [0.25, 0.3) is 0 Å². The van der Waals surface area contributed by atoms with Crippen molar-refractivity contribution < 1.29 is 9.47 Å². The van der Waals surface area contributed by atoms with Crippen LogP contribution in [0.1, 0.15) is 11.1 Å². The van der Waals surface area contributed by atoms with Crippen molar-refractivity contribution in [3.05, 3.63) is 83.9 Å². The van der Waals surface area contributed by atoms with Crippen LogP contribution in [0.4, 0.5) is 0 Å². The van der Waals surface area contributed by atoms with E-state index < -0.39 is 0 Å². The summed E-state index contributed by atoms with van der Waals surface area (Å²) < 4.78 is 13.0. The molecule has 0 atom stereocenters. The van der Waals surface area contributed by atoms with E-state index in [2.05, 4.69) is 58.1 Å². The van der Waals surface area contributed by atoms with Crippen LogP contribution in [0.3, 0.4) is 0 Å². The standard InChI is InChI=1S/C24H23N3O2S/c1-17-8-7-9-18(12-17)16-30-24-26-25-23(27(24)20-10-5-4-6-11-20)19-13-21(28-2)15-22(14-19)29-3/h4-15H,16H2,1-3H3. The number of nitrogens with zero attached hydrogens (tertiary/aromatic N) is 3. The predicted molar refractivity (Wildman–Crippen MR) is 121 cm³/mol. The lowest BCUT2D eigenvalue weighted by molar-refractivity contribution is 0.394. The van der Waals surface area contributed by atoms with E-state index >= 15 is 0 Å². The molecule has 30 heavy (non-hydrogen) atoms. The summed E-state index contributed by atoms with van der Waals surface area (Å²) in [5, 5.41) is 9.87. The van der Waals surface area contributed by atoms with Gasteiger partial charge in [0, 0.05) is 23.1 Å². The van der Waals surface area contributed by atoms with Crippen molar-refractivity contribution in [3.63, 3.8) is 0 Å². The highest BCUT2D eigenvalue weighted by Gasteiger charge is 2.18. The van der Waals surface area contributed by atoms with Gasteiger partial charge < -0.3 is 9.47 Å². The van der Waals surface area contributed by atoms with Crippen molar-refractivity contribution in [1.29, 1.82) is 0 Å². The van der Waals surface area contributed by atoms with E-state index in [1.165, 1.54) is 11.1 Å². The molecule has 1 aromatic heterocycles. The topological polar surface area (TPSA) is 49.2 Å². The number of hydrogen-bond donors (Lipinski definition) is 0. The Hall–Kier alpha value is -3.25. The number of para-hydroxylation sites is 1. The van der Waals surface area contributed by atoms with E-state index in [0.717, 1.165) is 28.0 Å². The molecule has 0 aliphatic rings. The Bertz CT molecular complexity index is 1120. The van der Waals surface area contributed by atoms with Gasteiger partial charge in [-0.2, -0.15) is 0 Å². The summed E-state index contributed by atoms with van der Waals surface area (Å²) in [6, 6.07) is 24.4. The Labute approximate surface area is 180 Å². The maximum absolute atomic E-state index is 5.45. The molecule has 0 fully saturated rings. The van der Waals surface area contributed by atoms with Gasteiger partial charge in [0.2, 0.25) is 0 Å². The van der Waals surface area contributed by atoms with Crippen LogP contribution in [0.5, 0.6) is 11.5 Å². The van der Waals surface area contributed by atoms with Crippen molar-refractivity contribution in [1.82, 2.24) is 14.8 Å². The molecule has 5 nitrogen and oxygen atoms in total. The fraction of sp³-hybridized carbons (Fsp3) is 0.167. The second-order valence-corrected chi connectivity index (χ2v) is 7.80. The Balaban J connectivity index is 1.77. The number of benzene rings is 3. The highest BCUT2D eigenvalue weighted by molar-refractivity contribution is 7.98. The molecule has 0 saturated carbocycles. The number of rotatable bonds is 7. The third kappa shape index (κ3) is 4.33. The van der Waals surface area contributed by atoms with Crippen LogP contribution in [-0.4, -0.2) is 29.0 Å². The number of methoxy groups -OCH3 is 2. The lowest BCUT2D eigenvalue weighted by atomic mass is 10.2. The van der Waals surface area contributed by atoms with Gasteiger partial charge in [-0.05, 0) is 36.8 Å².